The van der Waals surface area contributed by atoms with E-state index in [1.54, 1.807) is 35.3 Å². The number of nitrogens with zero attached hydrogens (tertiary/aromatic N) is 5. The van der Waals surface area contributed by atoms with E-state index < -0.39 is 0 Å². The Labute approximate surface area is 190 Å². The van der Waals surface area contributed by atoms with Crippen LogP contribution in [0.3, 0.4) is 0 Å². The van der Waals surface area contributed by atoms with Gasteiger partial charge in [-0.05, 0) is 48.9 Å². The van der Waals surface area contributed by atoms with Crippen LogP contribution in [0.5, 0.6) is 17.5 Å². The largest absolute Gasteiger partial charge is 0.494 e. The number of rotatable bonds is 7. The van der Waals surface area contributed by atoms with Crippen LogP contribution < -0.4 is 14.9 Å². The van der Waals surface area contributed by atoms with E-state index in [0.29, 0.717) is 29.3 Å². The fraction of sp³-hybridized carbons (Fsp3) is 0.120. The Kier molecular flexibility index (Phi) is 5.43. The standard InChI is InChI=1S/C25H20N6O2/c1-2-13-32-20-11-12-21-22(14-20)28-25(33-19-9-7-17(15-26)8-10-19)29-24(21)30-31-23-6-4-3-5-18(23)16-27-31/h3-12,14,16H,2,13H2,1H3,(H,28,29,30). The van der Waals surface area contributed by atoms with Gasteiger partial charge in [-0.15, -0.1) is 0 Å². The number of hydrogen-bond acceptors (Lipinski definition) is 7. The Bertz CT molecular complexity index is 1470. The lowest BCUT2D eigenvalue weighted by molar-refractivity contribution is 0.318. The van der Waals surface area contributed by atoms with Crippen molar-refractivity contribution in [3.63, 3.8) is 0 Å². The zero-order valence-corrected chi connectivity index (χ0v) is 17.9. The molecule has 8 heteroatoms. The first-order chi connectivity index (χ1) is 16.2. The Morgan fingerprint density at radius 1 is 1.00 bits per heavy atom. The summed E-state index contributed by atoms with van der Waals surface area (Å²) in [5, 5.41) is 15.3. The van der Waals surface area contributed by atoms with Crippen molar-refractivity contribution in [3.8, 4) is 23.6 Å². The normalized spacial score (nSPS) is 10.8. The summed E-state index contributed by atoms with van der Waals surface area (Å²) in [6.07, 6.45) is 2.70. The second-order valence-corrected chi connectivity index (χ2v) is 7.35. The van der Waals surface area contributed by atoms with Crippen LogP contribution in [0.15, 0.2) is 72.9 Å². The molecule has 5 rings (SSSR count). The van der Waals surface area contributed by atoms with Crippen LogP contribution in [-0.4, -0.2) is 26.5 Å². The predicted octanol–water partition coefficient (Wildman–Crippen LogP) is 5.31. The minimum atomic E-state index is 0.166. The first-order valence-electron chi connectivity index (χ1n) is 10.6. The number of aromatic nitrogens is 4. The number of nitrogens with one attached hydrogen (secondary N) is 1. The van der Waals surface area contributed by atoms with Gasteiger partial charge in [0.2, 0.25) is 0 Å². The number of nitriles is 1. The molecule has 0 unspecified atom stereocenters. The molecule has 0 bridgehead atoms. The number of ether oxygens (including phenoxy) is 2. The highest BCUT2D eigenvalue weighted by molar-refractivity contribution is 5.91. The topological polar surface area (TPSA) is 97.9 Å². The van der Waals surface area contributed by atoms with E-state index in [4.69, 9.17) is 14.7 Å². The van der Waals surface area contributed by atoms with Gasteiger partial charge in [0.1, 0.15) is 11.5 Å². The van der Waals surface area contributed by atoms with E-state index in [1.807, 2.05) is 42.5 Å². The van der Waals surface area contributed by atoms with Gasteiger partial charge in [-0.25, -0.2) is 0 Å². The Balaban J connectivity index is 1.56. The van der Waals surface area contributed by atoms with Crippen LogP contribution in [0.25, 0.3) is 21.8 Å². The summed E-state index contributed by atoms with van der Waals surface area (Å²) in [4.78, 5) is 10.9. The van der Waals surface area contributed by atoms with E-state index in [-0.39, 0.29) is 6.01 Å². The fourth-order valence-electron chi connectivity index (χ4n) is 3.39. The molecule has 1 N–H and O–H groups in total. The van der Waals surface area contributed by atoms with Crippen molar-refractivity contribution < 1.29 is 9.47 Å². The molecule has 0 amide bonds. The van der Waals surface area contributed by atoms with Gasteiger partial charge >= 0.3 is 6.01 Å². The third kappa shape index (κ3) is 4.25. The summed E-state index contributed by atoms with van der Waals surface area (Å²) in [7, 11) is 0. The molecule has 33 heavy (non-hydrogen) atoms. The Morgan fingerprint density at radius 3 is 2.64 bits per heavy atom. The van der Waals surface area contributed by atoms with Crippen LogP contribution in [0.1, 0.15) is 18.9 Å². The van der Waals surface area contributed by atoms with E-state index in [9.17, 15) is 0 Å². The molecule has 0 aliphatic heterocycles. The maximum atomic E-state index is 9.01. The molecule has 0 aliphatic rings. The minimum absolute atomic E-state index is 0.166. The molecule has 2 aromatic heterocycles. The average Bonchev–Trinajstić information content (AvgIpc) is 3.26. The molecule has 2 heterocycles. The lowest BCUT2D eigenvalue weighted by Crippen LogP contribution is -2.13. The number of hydrogen-bond donors (Lipinski definition) is 1. The van der Waals surface area contributed by atoms with Gasteiger partial charge in [0.15, 0.2) is 5.82 Å². The van der Waals surface area contributed by atoms with Gasteiger partial charge in [0.25, 0.3) is 0 Å². The summed E-state index contributed by atoms with van der Waals surface area (Å²) in [5.41, 5.74) is 5.40. The SMILES string of the molecule is CCCOc1ccc2c(Nn3ncc4ccccc43)nc(Oc3ccc(C#N)cc3)nc2c1. The van der Waals surface area contributed by atoms with Crippen LogP contribution in [-0.2, 0) is 0 Å². The van der Waals surface area contributed by atoms with Crippen molar-refractivity contribution in [1.82, 2.24) is 19.9 Å². The molecule has 0 saturated heterocycles. The van der Waals surface area contributed by atoms with Crippen molar-refractivity contribution in [2.24, 2.45) is 0 Å². The smallest absolute Gasteiger partial charge is 0.324 e. The molecule has 0 fully saturated rings. The number of anilines is 1. The van der Waals surface area contributed by atoms with Gasteiger partial charge in [-0.2, -0.15) is 25.1 Å². The predicted molar refractivity (Wildman–Crippen MR) is 125 cm³/mol. The van der Waals surface area contributed by atoms with Gasteiger partial charge in [0, 0.05) is 16.8 Å². The van der Waals surface area contributed by atoms with Gasteiger partial charge in [-0.3, -0.25) is 5.43 Å². The molecule has 5 aromatic rings. The first kappa shape index (κ1) is 20.3. The summed E-state index contributed by atoms with van der Waals surface area (Å²) in [6.45, 7) is 2.68. The van der Waals surface area contributed by atoms with Crippen LogP contribution in [0.2, 0.25) is 0 Å². The highest BCUT2D eigenvalue weighted by atomic mass is 16.5. The third-order valence-electron chi connectivity index (χ3n) is 5.00. The zero-order chi connectivity index (χ0) is 22.6. The maximum Gasteiger partial charge on any atom is 0.324 e. The molecule has 0 spiro atoms. The van der Waals surface area contributed by atoms with E-state index >= 15 is 0 Å². The van der Waals surface area contributed by atoms with Gasteiger partial charge in [-0.1, -0.05) is 25.1 Å². The van der Waals surface area contributed by atoms with Crippen molar-refractivity contribution >= 4 is 27.6 Å². The molecule has 162 valence electrons. The lowest BCUT2D eigenvalue weighted by atomic mass is 10.2. The van der Waals surface area contributed by atoms with Crippen LogP contribution in [0, 0.1) is 11.3 Å². The van der Waals surface area contributed by atoms with Crippen LogP contribution in [0.4, 0.5) is 5.82 Å². The quantitative estimate of drug-likeness (QED) is 0.369. The monoisotopic (exact) mass is 436 g/mol. The summed E-state index contributed by atoms with van der Waals surface area (Å²) < 4.78 is 11.7. The second kappa shape index (κ2) is 8.85. The molecular weight excluding hydrogens is 416 g/mol. The number of benzene rings is 3. The third-order valence-corrected chi connectivity index (χ3v) is 5.00. The first-order valence-corrected chi connectivity index (χ1v) is 10.6. The summed E-state index contributed by atoms with van der Waals surface area (Å²) in [6, 6.07) is 22.6. The molecule has 0 atom stereocenters. The molecule has 0 saturated carbocycles. The van der Waals surface area contributed by atoms with Gasteiger partial charge < -0.3 is 9.47 Å². The lowest BCUT2D eigenvalue weighted by Gasteiger charge is -2.13. The minimum Gasteiger partial charge on any atom is -0.494 e. The van der Waals surface area contributed by atoms with Crippen molar-refractivity contribution in [2.45, 2.75) is 13.3 Å². The Morgan fingerprint density at radius 2 is 1.82 bits per heavy atom. The van der Waals surface area contributed by atoms with Crippen molar-refractivity contribution in [3.05, 3.63) is 78.5 Å². The van der Waals surface area contributed by atoms with E-state index in [2.05, 4.69) is 33.5 Å². The summed E-state index contributed by atoms with van der Waals surface area (Å²) >= 11 is 0. The highest BCUT2D eigenvalue weighted by Crippen LogP contribution is 2.29. The van der Waals surface area contributed by atoms with Gasteiger partial charge in [0.05, 0.1) is 35.5 Å². The fourth-order valence-corrected chi connectivity index (χ4v) is 3.39. The maximum absolute atomic E-state index is 9.01. The molecule has 8 nitrogen and oxygen atoms in total. The Hall–Kier alpha value is -4.64. The van der Waals surface area contributed by atoms with E-state index in [0.717, 1.165) is 28.5 Å². The molecule has 3 aromatic carbocycles. The molecule has 0 radical (unpaired) electrons. The van der Waals surface area contributed by atoms with Crippen molar-refractivity contribution in [2.75, 3.05) is 12.0 Å². The average molecular weight is 436 g/mol. The summed E-state index contributed by atoms with van der Waals surface area (Å²) in [5.74, 6) is 1.80. The second-order valence-electron chi connectivity index (χ2n) is 7.35. The zero-order valence-electron chi connectivity index (χ0n) is 17.9. The number of para-hydroxylation sites is 1. The van der Waals surface area contributed by atoms with E-state index in [1.165, 1.54) is 0 Å². The number of fused-ring (bicyclic) bond motifs is 2. The van der Waals surface area contributed by atoms with Crippen molar-refractivity contribution in [1.29, 1.82) is 5.26 Å². The molecular formula is C25H20N6O2. The van der Waals surface area contributed by atoms with Crippen LogP contribution >= 0.6 is 0 Å². The highest BCUT2D eigenvalue weighted by Gasteiger charge is 2.13. The molecule has 0 aliphatic carbocycles.